The van der Waals surface area contributed by atoms with E-state index < -0.39 is 0 Å². The van der Waals surface area contributed by atoms with Gasteiger partial charge in [-0.1, -0.05) is 99.5 Å². The van der Waals surface area contributed by atoms with Crippen molar-refractivity contribution in [1.82, 2.24) is 0 Å². The molecule has 0 spiro atoms. The SMILES string of the molecule is CCCCCc1ccc(-c2ccc3c(F)c(C#Cc4ccc(CCC)cc4)ccc3c2)cc1. The number of aryl methyl sites for hydroxylation is 2. The Bertz CT molecular complexity index is 1270. The lowest BCUT2D eigenvalue weighted by molar-refractivity contribution is 0.636. The molecule has 166 valence electrons. The first-order valence-corrected chi connectivity index (χ1v) is 12.1. The summed E-state index contributed by atoms with van der Waals surface area (Å²) in [6.45, 7) is 4.40. The minimum atomic E-state index is -0.250. The van der Waals surface area contributed by atoms with Crippen LogP contribution in [0.25, 0.3) is 21.9 Å². The van der Waals surface area contributed by atoms with Gasteiger partial charge in [-0.25, -0.2) is 4.39 Å². The fourth-order valence-electron chi connectivity index (χ4n) is 4.19. The summed E-state index contributed by atoms with van der Waals surface area (Å²) < 4.78 is 15.2. The summed E-state index contributed by atoms with van der Waals surface area (Å²) in [4.78, 5) is 0. The van der Waals surface area contributed by atoms with Crippen molar-refractivity contribution in [3.63, 3.8) is 0 Å². The van der Waals surface area contributed by atoms with Gasteiger partial charge in [-0.15, -0.1) is 0 Å². The molecule has 0 bridgehead atoms. The standard InChI is InChI=1S/C32H31F/c1-3-5-6-8-25-13-16-27(17-14-25)29-21-22-31-30(23-29)20-19-28(32(31)33)18-15-26-11-9-24(7-4-2)10-12-26/h9-14,16-17,19-23H,3-8H2,1-2H3. The Kier molecular flexibility index (Phi) is 7.59. The van der Waals surface area contributed by atoms with Crippen LogP contribution in [0.5, 0.6) is 0 Å². The first kappa shape index (κ1) is 22.8. The van der Waals surface area contributed by atoms with E-state index in [1.807, 2.05) is 30.3 Å². The van der Waals surface area contributed by atoms with Gasteiger partial charge in [0.15, 0.2) is 0 Å². The minimum absolute atomic E-state index is 0.250. The molecule has 0 heterocycles. The van der Waals surface area contributed by atoms with E-state index in [1.165, 1.54) is 30.4 Å². The zero-order chi connectivity index (χ0) is 23.0. The van der Waals surface area contributed by atoms with Crippen molar-refractivity contribution in [3.8, 4) is 23.0 Å². The zero-order valence-electron chi connectivity index (χ0n) is 19.6. The number of benzene rings is 4. The van der Waals surface area contributed by atoms with Crippen molar-refractivity contribution >= 4 is 10.8 Å². The van der Waals surface area contributed by atoms with Gasteiger partial charge in [0.05, 0.1) is 5.56 Å². The molecule has 0 aromatic heterocycles. The minimum Gasteiger partial charge on any atom is -0.205 e. The van der Waals surface area contributed by atoms with E-state index in [2.05, 4.69) is 68.2 Å². The summed E-state index contributed by atoms with van der Waals surface area (Å²) in [7, 11) is 0. The molecule has 0 N–H and O–H groups in total. The molecular weight excluding hydrogens is 403 g/mol. The molecule has 0 saturated carbocycles. The highest BCUT2D eigenvalue weighted by Crippen LogP contribution is 2.28. The number of hydrogen-bond acceptors (Lipinski definition) is 0. The van der Waals surface area contributed by atoms with Crippen LogP contribution in [0.15, 0.2) is 78.9 Å². The van der Waals surface area contributed by atoms with E-state index >= 15 is 4.39 Å². The van der Waals surface area contributed by atoms with Gasteiger partial charge < -0.3 is 0 Å². The molecule has 4 aromatic carbocycles. The summed E-state index contributed by atoms with van der Waals surface area (Å²) in [6, 6.07) is 26.7. The molecule has 0 aliphatic rings. The van der Waals surface area contributed by atoms with Crippen LogP contribution < -0.4 is 0 Å². The molecular formula is C32H31F. The molecule has 0 unspecified atom stereocenters. The topological polar surface area (TPSA) is 0 Å². The van der Waals surface area contributed by atoms with Crippen molar-refractivity contribution in [2.75, 3.05) is 0 Å². The number of hydrogen-bond donors (Lipinski definition) is 0. The van der Waals surface area contributed by atoms with Gasteiger partial charge in [-0.2, -0.15) is 0 Å². The average molecular weight is 435 g/mol. The van der Waals surface area contributed by atoms with E-state index in [-0.39, 0.29) is 5.82 Å². The predicted molar refractivity (Wildman–Crippen MR) is 139 cm³/mol. The molecule has 0 aliphatic heterocycles. The maximum absolute atomic E-state index is 15.2. The Hall–Kier alpha value is -3.37. The highest BCUT2D eigenvalue weighted by molar-refractivity contribution is 5.89. The Labute approximate surface area is 197 Å². The molecule has 0 atom stereocenters. The smallest absolute Gasteiger partial charge is 0.146 e. The van der Waals surface area contributed by atoms with Gasteiger partial charge in [0.1, 0.15) is 5.82 Å². The lowest BCUT2D eigenvalue weighted by Gasteiger charge is -2.08. The lowest BCUT2D eigenvalue weighted by Crippen LogP contribution is -1.89. The van der Waals surface area contributed by atoms with E-state index in [9.17, 15) is 0 Å². The van der Waals surface area contributed by atoms with E-state index in [4.69, 9.17) is 0 Å². The molecule has 0 amide bonds. The summed E-state index contributed by atoms with van der Waals surface area (Å²) in [5.74, 6) is 5.88. The maximum atomic E-state index is 15.2. The first-order chi connectivity index (χ1) is 16.2. The molecule has 0 aliphatic carbocycles. The van der Waals surface area contributed by atoms with Crippen LogP contribution in [0.4, 0.5) is 4.39 Å². The Morgan fingerprint density at radius 1 is 0.636 bits per heavy atom. The van der Waals surface area contributed by atoms with Crippen molar-refractivity contribution in [1.29, 1.82) is 0 Å². The molecule has 33 heavy (non-hydrogen) atoms. The molecule has 0 nitrogen and oxygen atoms in total. The van der Waals surface area contributed by atoms with Crippen molar-refractivity contribution in [2.24, 2.45) is 0 Å². The third kappa shape index (κ3) is 5.71. The summed E-state index contributed by atoms with van der Waals surface area (Å²) in [5, 5.41) is 1.51. The van der Waals surface area contributed by atoms with Crippen LogP contribution >= 0.6 is 0 Å². The lowest BCUT2D eigenvalue weighted by atomic mass is 9.98. The van der Waals surface area contributed by atoms with Crippen LogP contribution in [-0.4, -0.2) is 0 Å². The molecule has 0 saturated heterocycles. The zero-order valence-corrected chi connectivity index (χ0v) is 19.6. The van der Waals surface area contributed by atoms with E-state index in [0.29, 0.717) is 10.9 Å². The highest BCUT2D eigenvalue weighted by atomic mass is 19.1. The maximum Gasteiger partial charge on any atom is 0.146 e. The van der Waals surface area contributed by atoms with Crippen molar-refractivity contribution in [3.05, 3.63) is 107 Å². The fraction of sp³-hybridized carbons (Fsp3) is 0.250. The first-order valence-electron chi connectivity index (χ1n) is 12.1. The normalized spacial score (nSPS) is 10.8. The van der Waals surface area contributed by atoms with Crippen LogP contribution in [0.3, 0.4) is 0 Å². The van der Waals surface area contributed by atoms with E-state index in [1.54, 1.807) is 6.07 Å². The molecule has 4 aromatic rings. The van der Waals surface area contributed by atoms with Crippen molar-refractivity contribution < 1.29 is 4.39 Å². The largest absolute Gasteiger partial charge is 0.205 e. The summed E-state index contributed by atoms with van der Waals surface area (Å²) in [5.41, 5.74) is 6.29. The highest BCUT2D eigenvalue weighted by Gasteiger charge is 2.08. The second-order valence-corrected chi connectivity index (χ2v) is 8.71. The van der Waals surface area contributed by atoms with Crippen molar-refractivity contribution in [2.45, 2.75) is 52.4 Å². The number of unbranched alkanes of at least 4 members (excludes halogenated alkanes) is 2. The second kappa shape index (κ2) is 11.0. The predicted octanol–water partition coefficient (Wildman–Crippen LogP) is 8.73. The van der Waals surface area contributed by atoms with Gasteiger partial charge >= 0.3 is 0 Å². The fourth-order valence-corrected chi connectivity index (χ4v) is 4.19. The van der Waals surface area contributed by atoms with Gasteiger partial charge in [-0.3, -0.25) is 0 Å². The molecule has 0 fully saturated rings. The summed E-state index contributed by atoms with van der Waals surface area (Å²) in [6.07, 6.45) is 7.07. The second-order valence-electron chi connectivity index (χ2n) is 8.71. The van der Waals surface area contributed by atoms with Gasteiger partial charge in [0.2, 0.25) is 0 Å². The molecule has 0 radical (unpaired) electrons. The van der Waals surface area contributed by atoms with Gasteiger partial charge in [0.25, 0.3) is 0 Å². The quantitative estimate of drug-likeness (QED) is 0.201. The number of halogens is 1. The van der Waals surface area contributed by atoms with Crippen LogP contribution in [0.2, 0.25) is 0 Å². The Balaban J connectivity index is 1.54. The van der Waals surface area contributed by atoms with Gasteiger partial charge in [-0.05, 0) is 71.2 Å². The van der Waals surface area contributed by atoms with Crippen LogP contribution in [0.1, 0.15) is 61.8 Å². The van der Waals surface area contributed by atoms with Gasteiger partial charge in [0, 0.05) is 10.9 Å². The Morgan fingerprint density at radius 2 is 1.33 bits per heavy atom. The third-order valence-corrected chi connectivity index (χ3v) is 6.14. The van der Waals surface area contributed by atoms with Crippen LogP contribution in [0, 0.1) is 17.7 Å². The summed E-state index contributed by atoms with van der Waals surface area (Å²) >= 11 is 0. The average Bonchev–Trinajstić information content (AvgIpc) is 2.85. The molecule has 1 heteroatoms. The third-order valence-electron chi connectivity index (χ3n) is 6.14. The van der Waals surface area contributed by atoms with E-state index in [0.717, 1.165) is 41.3 Å². The Morgan fingerprint density at radius 3 is 2.06 bits per heavy atom. The monoisotopic (exact) mass is 434 g/mol. The van der Waals surface area contributed by atoms with Crippen LogP contribution in [-0.2, 0) is 12.8 Å². The molecule has 4 rings (SSSR count). The number of rotatable bonds is 7. The number of fused-ring (bicyclic) bond motifs is 1.